The molecular formula is C17H14F3Ti. The largest absolute Gasteiger partial charge is 3.00 e. The Hall–Kier alpha value is -1.58. The third-order valence-corrected chi connectivity index (χ3v) is 2.13. The van der Waals surface area contributed by atoms with Crippen molar-refractivity contribution in [2.24, 2.45) is 0 Å². The summed E-state index contributed by atoms with van der Waals surface area (Å²) in [6, 6.07) is 27.1. The van der Waals surface area contributed by atoms with Gasteiger partial charge in [-0.3, -0.25) is 0 Å². The molecule has 0 nitrogen and oxygen atoms in total. The van der Waals surface area contributed by atoms with Crippen molar-refractivity contribution in [3.05, 3.63) is 96.6 Å². The summed E-state index contributed by atoms with van der Waals surface area (Å²) in [6.07, 6.45) is -4.26. The van der Waals surface area contributed by atoms with Crippen LogP contribution in [-0.2, 0) is 27.9 Å². The molecule has 4 heteroatoms. The van der Waals surface area contributed by atoms with E-state index in [1.165, 1.54) is 18.2 Å². The Labute approximate surface area is 137 Å². The van der Waals surface area contributed by atoms with E-state index < -0.39 is 11.7 Å². The minimum Gasteiger partial charge on any atom is -0.214 e. The van der Waals surface area contributed by atoms with Gasteiger partial charge in [0.15, 0.2) is 0 Å². The Morgan fingerprint density at radius 3 is 1.43 bits per heavy atom. The van der Waals surface area contributed by atoms with Gasteiger partial charge in [-0.1, -0.05) is 5.56 Å². The molecule has 0 aliphatic carbocycles. The summed E-state index contributed by atoms with van der Waals surface area (Å²) in [4.78, 5) is 0. The maximum Gasteiger partial charge on any atom is 3.00 e. The number of alkyl halides is 3. The molecule has 1 radical (unpaired) electrons. The molecule has 0 bridgehead atoms. The molecule has 0 unspecified atom stereocenters. The molecule has 0 saturated heterocycles. The molecule has 21 heavy (non-hydrogen) atoms. The van der Waals surface area contributed by atoms with E-state index in [1.807, 2.05) is 60.7 Å². The van der Waals surface area contributed by atoms with Crippen molar-refractivity contribution >= 4 is 0 Å². The van der Waals surface area contributed by atoms with Crippen LogP contribution in [-0.4, -0.2) is 0 Å². The van der Waals surface area contributed by atoms with Gasteiger partial charge in [-0.25, -0.2) is 24.3 Å². The van der Waals surface area contributed by atoms with Crippen LogP contribution < -0.4 is 0 Å². The number of benzene rings is 1. The monoisotopic (exact) mass is 323 g/mol. The van der Waals surface area contributed by atoms with Crippen LogP contribution in [0.1, 0.15) is 5.56 Å². The summed E-state index contributed by atoms with van der Waals surface area (Å²) < 4.78 is 35.3. The number of hydrogen-bond acceptors (Lipinski definition) is 0. The van der Waals surface area contributed by atoms with Gasteiger partial charge in [0, 0.05) is 0 Å². The average Bonchev–Trinajstić information content (AvgIpc) is 3.17. The van der Waals surface area contributed by atoms with Crippen molar-refractivity contribution in [2.45, 2.75) is 6.18 Å². The van der Waals surface area contributed by atoms with Crippen LogP contribution >= 0.6 is 0 Å². The zero-order valence-electron chi connectivity index (χ0n) is 11.2. The Kier molecular flexibility index (Phi) is 10.3. The third-order valence-electron chi connectivity index (χ3n) is 2.13. The zero-order valence-corrected chi connectivity index (χ0v) is 12.8. The van der Waals surface area contributed by atoms with E-state index in [2.05, 4.69) is 6.07 Å². The molecule has 0 spiro atoms. The van der Waals surface area contributed by atoms with Gasteiger partial charge in [0.2, 0.25) is 0 Å². The third kappa shape index (κ3) is 9.88. The topological polar surface area (TPSA) is 0 Å². The number of hydrogen-bond donors (Lipinski definition) is 0. The summed E-state index contributed by atoms with van der Waals surface area (Å²) >= 11 is 0. The molecule has 0 N–H and O–H groups in total. The predicted molar refractivity (Wildman–Crippen MR) is 74.4 cm³/mol. The Balaban J connectivity index is 0.000000307. The first kappa shape index (κ1) is 19.4. The van der Waals surface area contributed by atoms with Crippen LogP contribution in [0.3, 0.4) is 0 Å². The fourth-order valence-corrected chi connectivity index (χ4v) is 1.21. The van der Waals surface area contributed by atoms with E-state index >= 15 is 0 Å². The molecule has 0 amide bonds. The van der Waals surface area contributed by atoms with E-state index in [9.17, 15) is 13.2 Å². The molecule has 3 rings (SSSR count). The van der Waals surface area contributed by atoms with Crippen molar-refractivity contribution in [3.8, 4) is 0 Å². The summed E-state index contributed by atoms with van der Waals surface area (Å²) in [7, 11) is 0. The van der Waals surface area contributed by atoms with E-state index in [4.69, 9.17) is 0 Å². The van der Waals surface area contributed by atoms with Crippen LogP contribution in [0.2, 0.25) is 0 Å². The minimum absolute atomic E-state index is 0. The van der Waals surface area contributed by atoms with Crippen LogP contribution in [0.25, 0.3) is 0 Å². The second kappa shape index (κ2) is 11.1. The molecule has 0 aromatic heterocycles. The molecule has 0 atom stereocenters. The Morgan fingerprint density at radius 1 is 0.762 bits per heavy atom. The van der Waals surface area contributed by atoms with Crippen molar-refractivity contribution < 1.29 is 34.9 Å². The smallest absolute Gasteiger partial charge is 0.214 e. The minimum atomic E-state index is -4.26. The van der Waals surface area contributed by atoms with E-state index in [0.717, 1.165) is 6.07 Å². The summed E-state index contributed by atoms with van der Waals surface area (Å²) in [6.45, 7) is 0. The molecule has 0 saturated carbocycles. The van der Waals surface area contributed by atoms with Gasteiger partial charge < -0.3 is 0 Å². The normalized spacial score (nSPS) is 9.29. The second-order valence-corrected chi connectivity index (χ2v) is 3.70. The van der Waals surface area contributed by atoms with Crippen molar-refractivity contribution in [2.75, 3.05) is 0 Å². The van der Waals surface area contributed by atoms with Crippen LogP contribution in [0.5, 0.6) is 0 Å². The first-order valence-corrected chi connectivity index (χ1v) is 5.98. The van der Waals surface area contributed by atoms with Gasteiger partial charge >= 0.3 is 27.9 Å². The molecule has 3 aromatic carbocycles. The standard InChI is InChI=1S/C7H4F3.2C5H5.Ti/c8-7(9,10)6-4-2-1-3-5-6;2*1-2-4-5-3-1;/h1-4H;2*1-5H;/q3*-1;+3. The molecule has 0 aliphatic heterocycles. The number of halogens is 3. The maximum atomic E-state index is 11.8. The predicted octanol–water partition coefficient (Wildman–Crippen LogP) is 5.31. The maximum absolute atomic E-state index is 11.8. The second-order valence-electron chi connectivity index (χ2n) is 3.70. The van der Waals surface area contributed by atoms with E-state index in [-0.39, 0.29) is 21.7 Å². The summed E-state index contributed by atoms with van der Waals surface area (Å²) in [5.74, 6) is 0. The van der Waals surface area contributed by atoms with Crippen molar-refractivity contribution in [3.63, 3.8) is 0 Å². The van der Waals surface area contributed by atoms with Crippen LogP contribution in [0.4, 0.5) is 13.2 Å². The first-order valence-electron chi connectivity index (χ1n) is 5.98. The average molecular weight is 323 g/mol. The van der Waals surface area contributed by atoms with Gasteiger partial charge in [0.05, 0.1) is 0 Å². The van der Waals surface area contributed by atoms with E-state index in [1.54, 1.807) is 0 Å². The van der Waals surface area contributed by atoms with Gasteiger partial charge in [0.1, 0.15) is 0 Å². The Bertz CT molecular complexity index is 450. The van der Waals surface area contributed by atoms with Gasteiger partial charge in [0.25, 0.3) is 0 Å². The van der Waals surface area contributed by atoms with E-state index in [0.29, 0.717) is 0 Å². The van der Waals surface area contributed by atoms with Crippen LogP contribution in [0, 0.1) is 6.07 Å². The SMILES string of the molecule is FC(F)(F)c1[c-]cccc1.[Ti+3].c1cc[cH-]c1.c1cc[cH-]c1. The Morgan fingerprint density at radius 2 is 1.24 bits per heavy atom. The van der Waals surface area contributed by atoms with Gasteiger partial charge in [-0.15, -0.1) is 0 Å². The number of rotatable bonds is 0. The molecule has 0 aliphatic rings. The van der Waals surface area contributed by atoms with Crippen LogP contribution in [0.15, 0.2) is 84.9 Å². The molecule has 107 valence electrons. The fourth-order valence-electron chi connectivity index (χ4n) is 1.21. The molecule has 0 heterocycles. The molecular weight excluding hydrogens is 309 g/mol. The fraction of sp³-hybridized carbons (Fsp3) is 0.0588. The van der Waals surface area contributed by atoms with Crippen molar-refractivity contribution in [1.82, 2.24) is 0 Å². The van der Waals surface area contributed by atoms with Gasteiger partial charge in [-0.05, 0) is 0 Å². The summed E-state index contributed by atoms with van der Waals surface area (Å²) in [5, 5.41) is 0. The zero-order chi connectivity index (χ0) is 14.7. The first-order chi connectivity index (χ1) is 9.61. The van der Waals surface area contributed by atoms with Crippen molar-refractivity contribution in [1.29, 1.82) is 0 Å². The quantitative estimate of drug-likeness (QED) is 0.388. The summed E-state index contributed by atoms with van der Waals surface area (Å²) in [5.41, 5.74) is -0.727. The van der Waals surface area contributed by atoms with Gasteiger partial charge in [-0.2, -0.15) is 79.9 Å². The molecule has 3 aromatic rings. The molecule has 0 fully saturated rings.